The van der Waals surface area contributed by atoms with Crippen LogP contribution in [0.2, 0.25) is 0 Å². The lowest BCUT2D eigenvalue weighted by Crippen LogP contribution is -2.29. The first-order valence-corrected chi connectivity index (χ1v) is 9.38. The molecule has 0 unspecified atom stereocenters. The zero-order chi connectivity index (χ0) is 17.9. The van der Waals surface area contributed by atoms with Crippen LogP contribution in [0.15, 0.2) is 49.2 Å². The van der Waals surface area contributed by atoms with E-state index < -0.39 is 0 Å². The molecule has 26 heavy (non-hydrogen) atoms. The van der Waals surface area contributed by atoms with E-state index in [9.17, 15) is 4.79 Å². The third-order valence-corrected chi connectivity index (χ3v) is 5.52. The Morgan fingerprint density at radius 2 is 1.96 bits per heavy atom. The molecule has 2 aliphatic heterocycles. The molecule has 0 spiro atoms. The molecule has 2 N–H and O–H groups in total. The predicted octanol–water partition coefficient (Wildman–Crippen LogP) is 3.40. The number of carbonyl (C=O) groups is 1. The SMILES string of the molecule is CN1CCC(c2c[nH]c3ccc(C(=O)CCN4C=CNC=C4)cc23)CC1. The second-order valence-electron chi connectivity index (χ2n) is 7.29. The van der Waals surface area contributed by atoms with Gasteiger partial charge in [-0.15, -0.1) is 0 Å². The van der Waals surface area contributed by atoms with Crippen molar-refractivity contribution in [3.05, 3.63) is 60.3 Å². The lowest BCUT2D eigenvalue weighted by Gasteiger charge is -2.28. The number of aromatic nitrogens is 1. The Kier molecular flexibility index (Phi) is 4.80. The molecule has 0 atom stereocenters. The van der Waals surface area contributed by atoms with E-state index in [1.165, 1.54) is 23.8 Å². The number of piperidine rings is 1. The monoisotopic (exact) mass is 350 g/mol. The summed E-state index contributed by atoms with van der Waals surface area (Å²) >= 11 is 0. The molecule has 2 aromatic rings. The van der Waals surface area contributed by atoms with E-state index in [2.05, 4.69) is 34.5 Å². The quantitative estimate of drug-likeness (QED) is 0.812. The van der Waals surface area contributed by atoms with Gasteiger partial charge in [0.2, 0.25) is 0 Å². The summed E-state index contributed by atoms with van der Waals surface area (Å²) in [4.78, 5) is 20.5. The summed E-state index contributed by atoms with van der Waals surface area (Å²) in [7, 11) is 2.19. The molecule has 3 heterocycles. The first kappa shape index (κ1) is 16.9. The van der Waals surface area contributed by atoms with Crippen molar-refractivity contribution in [1.82, 2.24) is 20.1 Å². The third kappa shape index (κ3) is 3.53. The first-order valence-electron chi connectivity index (χ1n) is 9.38. The highest BCUT2D eigenvalue weighted by atomic mass is 16.1. The van der Waals surface area contributed by atoms with Crippen LogP contribution in [0.1, 0.15) is 41.1 Å². The number of fused-ring (bicyclic) bond motifs is 1. The maximum Gasteiger partial charge on any atom is 0.164 e. The van der Waals surface area contributed by atoms with Crippen LogP contribution in [0.25, 0.3) is 10.9 Å². The lowest BCUT2D eigenvalue weighted by molar-refractivity contribution is 0.0976. The number of hydrogen-bond donors (Lipinski definition) is 2. The topological polar surface area (TPSA) is 51.4 Å². The van der Waals surface area contributed by atoms with Gasteiger partial charge >= 0.3 is 0 Å². The lowest BCUT2D eigenvalue weighted by atomic mass is 9.89. The number of H-pyrrole nitrogens is 1. The molecule has 1 saturated heterocycles. The second kappa shape index (κ2) is 7.38. The van der Waals surface area contributed by atoms with Crippen LogP contribution in [0.5, 0.6) is 0 Å². The van der Waals surface area contributed by atoms with Gasteiger partial charge < -0.3 is 20.1 Å². The molecule has 1 aromatic carbocycles. The molecule has 2 aliphatic rings. The number of Topliss-reactive ketones (excluding diaryl/α,β-unsaturated/α-hetero) is 1. The average molecular weight is 350 g/mol. The van der Waals surface area contributed by atoms with Crippen molar-refractivity contribution < 1.29 is 4.79 Å². The Bertz CT molecular complexity index is 831. The number of ketones is 1. The first-order chi connectivity index (χ1) is 12.7. The van der Waals surface area contributed by atoms with Gasteiger partial charge in [0.25, 0.3) is 0 Å². The molecule has 136 valence electrons. The van der Waals surface area contributed by atoms with Crippen molar-refractivity contribution in [1.29, 1.82) is 0 Å². The van der Waals surface area contributed by atoms with E-state index in [1.807, 2.05) is 41.8 Å². The maximum atomic E-state index is 12.7. The van der Waals surface area contributed by atoms with Crippen molar-refractivity contribution in [2.24, 2.45) is 0 Å². The Hall–Kier alpha value is -2.53. The van der Waals surface area contributed by atoms with Gasteiger partial charge in [0.05, 0.1) is 0 Å². The van der Waals surface area contributed by atoms with Crippen molar-refractivity contribution in [2.75, 3.05) is 26.7 Å². The van der Waals surface area contributed by atoms with Gasteiger partial charge in [-0.25, -0.2) is 0 Å². The van der Waals surface area contributed by atoms with E-state index in [0.717, 1.165) is 24.2 Å². The number of rotatable bonds is 5. The number of benzene rings is 1. The molecule has 0 bridgehead atoms. The smallest absolute Gasteiger partial charge is 0.164 e. The van der Waals surface area contributed by atoms with Gasteiger partial charge in [0.1, 0.15) is 0 Å². The molecule has 1 aromatic heterocycles. The van der Waals surface area contributed by atoms with Crippen LogP contribution in [0, 0.1) is 0 Å². The summed E-state index contributed by atoms with van der Waals surface area (Å²) in [5.41, 5.74) is 3.31. The van der Waals surface area contributed by atoms with Crippen LogP contribution in [-0.2, 0) is 0 Å². The van der Waals surface area contributed by atoms with E-state index in [0.29, 0.717) is 18.9 Å². The Labute approximate surface area is 154 Å². The summed E-state index contributed by atoms with van der Waals surface area (Å²) in [6, 6.07) is 6.08. The minimum Gasteiger partial charge on any atom is -0.365 e. The molecule has 4 rings (SSSR count). The van der Waals surface area contributed by atoms with Gasteiger partial charge in [-0.1, -0.05) is 0 Å². The van der Waals surface area contributed by atoms with E-state index in [4.69, 9.17) is 0 Å². The molecule has 0 saturated carbocycles. The Morgan fingerprint density at radius 1 is 1.19 bits per heavy atom. The maximum absolute atomic E-state index is 12.7. The van der Waals surface area contributed by atoms with Crippen molar-refractivity contribution in [3.8, 4) is 0 Å². The van der Waals surface area contributed by atoms with Crippen molar-refractivity contribution in [3.63, 3.8) is 0 Å². The fourth-order valence-corrected chi connectivity index (χ4v) is 3.88. The number of carbonyl (C=O) groups excluding carboxylic acids is 1. The van der Waals surface area contributed by atoms with Gasteiger partial charge in [-0.3, -0.25) is 4.79 Å². The standard InChI is InChI=1S/C21H26N4O/c1-24-9-4-16(5-10-24)19-15-23-20-3-2-17(14-18(19)20)21(26)6-11-25-12-7-22-8-13-25/h2-3,7-8,12-16,22-23H,4-6,9-11H2,1H3. The van der Waals surface area contributed by atoms with Crippen molar-refractivity contribution in [2.45, 2.75) is 25.2 Å². The Balaban J connectivity index is 1.50. The Morgan fingerprint density at radius 3 is 2.73 bits per heavy atom. The van der Waals surface area contributed by atoms with Crippen LogP contribution in [0.4, 0.5) is 0 Å². The van der Waals surface area contributed by atoms with Crippen LogP contribution in [-0.4, -0.2) is 47.2 Å². The number of nitrogens with one attached hydrogen (secondary N) is 2. The zero-order valence-electron chi connectivity index (χ0n) is 15.2. The fourth-order valence-electron chi connectivity index (χ4n) is 3.88. The predicted molar refractivity (Wildman–Crippen MR) is 105 cm³/mol. The molecule has 0 amide bonds. The minimum absolute atomic E-state index is 0.197. The van der Waals surface area contributed by atoms with Gasteiger partial charge in [0.15, 0.2) is 5.78 Å². The summed E-state index contributed by atoms with van der Waals surface area (Å²) in [5.74, 6) is 0.782. The van der Waals surface area contributed by atoms with Crippen LogP contribution < -0.4 is 5.32 Å². The highest BCUT2D eigenvalue weighted by Crippen LogP contribution is 2.33. The number of aromatic amines is 1. The summed E-state index contributed by atoms with van der Waals surface area (Å²) in [5, 5.41) is 4.21. The molecule has 0 aliphatic carbocycles. The van der Waals surface area contributed by atoms with Gasteiger partial charge in [-0.2, -0.15) is 0 Å². The molecular formula is C21H26N4O. The van der Waals surface area contributed by atoms with E-state index in [-0.39, 0.29) is 5.78 Å². The summed E-state index contributed by atoms with van der Waals surface area (Å²) in [6.45, 7) is 2.98. The highest BCUT2D eigenvalue weighted by molar-refractivity contribution is 6.00. The number of likely N-dealkylation sites (tertiary alicyclic amines) is 1. The molecule has 5 heteroatoms. The van der Waals surface area contributed by atoms with Crippen LogP contribution in [0.3, 0.4) is 0 Å². The summed E-state index contributed by atoms with van der Waals surface area (Å²) < 4.78 is 0. The second-order valence-corrected chi connectivity index (χ2v) is 7.29. The van der Waals surface area contributed by atoms with Crippen LogP contribution >= 0.6 is 0 Å². The molecular weight excluding hydrogens is 324 g/mol. The third-order valence-electron chi connectivity index (χ3n) is 5.52. The van der Waals surface area contributed by atoms with Gasteiger partial charge in [0, 0.05) is 60.4 Å². The normalized spacial score (nSPS) is 18.4. The zero-order valence-corrected chi connectivity index (χ0v) is 15.2. The van der Waals surface area contributed by atoms with Gasteiger partial charge in [-0.05, 0) is 62.7 Å². The van der Waals surface area contributed by atoms with Crippen molar-refractivity contribution >= 4 is 16.7 Å². The molecule has 5 nitrogen and oxygen atoms in total. The number of hydrogen-bond acceptors (Lipinski definition) is 4. The molecule has 0 radical (unpaired) electrons. The molecule has 1 fully saturated rings. The fraction of sp³-hybridized carbons (Fsp3) is 0.381. The summed E-state index contributed by atoms with van der Waals surface area (Å²) in [6.07, 6.45) is 12.6. The largest absolute Gasteiger partial charge is 0.365 e. The minimum atomic E-state index is 0.197. The highest BCUT2D eigenvalue weighted by Gasteiger charge is 2.21. The van der Waals surface area contributed by atoms with E-state index >= 15 is 0 Å². The van der Waals surface area contributed by atoms with E-state index in [1.54, 1.807) is 0 Å². The number of nitrogens with zero attached hydrogens (tertiary/aromatic N) is 2. The average Bonchev–Trinajstić information content (AvgIpc) is 3.11.